The van der Waals surface area contributed by atoms with Gasteiger partial charge in [0.15, 0.2) is 0 Å². The summed E-state index contributed by atoms with van der Waals surface area (Å²) in [5, 5.41) is 0. The monoisotopic (exact) mass is 485 g/mol. The Kier molecular flexibility index (Phi) is 8.40. The average Bonchev–Trinajstić information content (AvgIpc) is 3.11. The Balaban J connectivity index is 0.00000341. The first-order valence-electron chi connectivity index (χ1n) is 11.3. The summed E-state index contributed by atoms with van der Waals surface area (Å²) in [5.41, 5.74) is 10.8. The SMILES string of the molecule is Cc1ccc(-c2cc(-c3c(CCCCC[N+](C)(C)C)cc(C)n3C)n(C)c2C)cc1.[Br-]. The van der Waals surface area contributed by atoms with Crippen LogP contribution in [0.2, 0.25) is 0 Å². The van der Waals surface area contributed by atoms with Gasteiger partial charge in [-0.25, -0.2) is 0 Å². The van der Waals surface area contributed by atoms with E-state index in [1.807, 2.05) is 0 Å². The fraction of sp³-hybridized carbons (Fsp3) is 0.481. The van der Waals surface area contributed by atoms with Crippen LogP contribution >= 0.6 is 0 Å². The number of hydrogen-bond donors (Lipinski definition) is 0. The van der Waals surface area contributed by atoms with Crippen molar-refractivity contribution in [3.63, 3.8) is 0 Å². The molecule has 1 aromatic carbocycles. The number of hydrogen-bond acceptors (Lipinski definition) is 0. The topological polar surface area (TPSA) is 9.86 Å². The summed E-state index contributed by atoms with van der Waals surface area (Å²) in [5.74, 6) is 0. The van der Waals surface area contributed by atoms with Crippen molar-refractivity contribution in [1.82, 2.24) is 9.13 Å². The van der Waals surface area contributed by atoms with Gasteiger partial charge in [-0.1, -0.05) is 29.8 Å². The lowest BCUT2D eigenvalue weighted by Crippen LogP contribution is -3.00. The molecule has 31 heavy (non-hydrogen) atoms. The molecule has 0 saturated heterocycles. The summed E-state index contributed by atoms with van der Waals surface area (Å²) in [4.78, 5) is 0. The van der Waals surface area contributed by atoms with Gasteiger partial charge in [0.25, 0.3) is 0 Å². The Morgan fingerprint density at radius 3 is 2.06 bits per heavy atom. The number of halogens is 1. The zero-order valence-electron chi connectivity index (χ0n) is 20.7. The lowest BCUT2D eigenvalue weighted by atomic mass is 10.0. The molecule has 3 aromatic rings. The minimum absolute atomic E-state index is 0. The van der Waals surface area contributed by atoms with Gasteiger partial charge in [0, 0.05) is 31.0 Å². The molecule has 4 heteroatoms. The third kappa shape index (κ3) is 5.93. The van der Waals surface area contributed by atoms with Crippen LogP contribution in [0.4, 0.5) is 0 Å². The van der Waals surface area contributed by atoms with Crippen LogP contribution in [-0.2, 0) is 20.5 Å². The normalized spacial score (nSPS) is 11.6. The molecule has 0 N–H and O–H groups in total. The van der Waals surface area contributed by atoms with E-state index in [1.54, 1.807) is 0 Å². The van der Waals surface area contributed by atoms with Crippen molar-refractivity contribution >= 4 is 0 Å². The Labute approximate surface area is 200 Å². The molecule has 2 heterocycles. The van der Waals surface area contributed by atoms with E-state index in [-0.39, 0.29) is 17.0 Å². The van der Waals surface area contributed by atoms with E-state index >= 15 is 0 Å². The molecule has 0 aliphatic rings. The molecule has 0 amide bonds. The van der Waals surface area contributed by atoms with E-state index in [0.717, 1.165) is 10.9 Å². The van der Waals surface area contributed by atoms with Crippen molar-refractivity contribution in [2.24, 2.45) is 14.1 Å². The van der Waals surface area contributed by atoms with Crippen molar-refractivity contribution < 1.29 is 21.5 Å². The number of unbranched alkanes of at least 4 members (excludes halogenated alkanes) is 2. The fourth-order valence-electron chi connectivity index (χ4n) is 4.37. The van der Waals surface area contributed by atoms with Gasteiger partial charge in [0.1, 0.15) is 0 Å². The fourth-order valence-corrected chi connectivity index (χ4v) is 4.37. The maximum Gasteiger partial charge on any atom is 0.0780 e. The van der Waals surface area contributed by atoms with Gasteiger partial charge in [0.2, 0.25) is 0 Å². The highest BCUT2D eigenvalue weighted by atomic mass is 79.9. The highest BCUT2D eigenvalue weighted by Gasteiger charge is 2.19. The van der Waals surface area contributed by atoms with Gasteiger partial charge in [0.05, 0.1) is 39.1 Å². The molecule has 3 rings (SSSR count). The molecule has 2 aromatic heterocycles. The summed E-state index contributed by atoms with van der Waals surface area (Å²) in [6.07, 6.45) is 5.00. The van der Waals surface area contributed by atoms with Crippen molar-refractivity contribution in [2.45, 2.75) is 46.5 Å². The third-order valence-corrected chi connectivity index (χ3v) is 6.47. The van der Waals surface area contributed by atoms with Crippen LogP contribution in [0, 0.1) is 20.8 Å². The van der Waals surface area contributed by atoms with Gasteiger partial charge >= 0.3 is 0 Å². The highest BCUT2D eigenvalue weighted by molar-refractivity contribution is 5.75. The zero-order chi connectivity index (χ0) is 22.1. The third-order valence-electron chi connectivity index (χ3n) is 6.47. The molecule has 0 radical (unpaired) electrons. The molecule has 0 bridgehead atoms. The first-order valence-corrected chi connectivity index (χ1v) is 11.3. The Morgan fingerprint density at radius 2 is 1.45 bits per heavy atom. The number of benzene rings is 1. The second kappa shape index (κ2) is 10.2. The van der Waals surface area contributed by atoms with E-state index in [2.05, 4.69) is 102 Å². The van der Waals surface area contributed by atoms with Crippen LogP contribution in [-0.4, -0.2) is 41.3 Å². The van der Waals surface area contributed by atoms with Crippen LogP contribution in [0.1, 0.15) is 41.8 Å². The average molecular weight is 487 g/mol. The molecule has 0 unspecified atom stereocenters. The molecule has 0 aliphatic carbocycles. The molecular weight excluding hydrogens is 446 g/mol. The minimum atomic E-state index is 0. The first kappa shape index (κ1) is 25.5. The van der Waals surface area contributed by atoms with Crippen LogP contribution in [0.5, 0.6) is 0 Å². The maximum atomic E-state index is 2.39. The molecule has 0 fully saturated rings. The molecule has 0 spiro atoms. The van der Waals surface area contributed by atoms with Gasteiger partial charge in [-0.2, -0.15) is 0 Å². The smallest absolute Gasteiger partial charge is 0.0780 e. The molecular formula is C27H40BrN3. The van der Waals surface area contributed by atoms with Gasteiger partial charge in [-0.15, -0.1) is 0 Å². The summed E-state index contributed by atoms with van der Waals surface area (Å²) in [7, 11) is 11.3. The standard InChI is InChI=1S/C27H40N3.BrH/c1-20-13-15-23(16-14-20)25-19-26(29(5)22(25)3)27-24(18-21(2)28(27)4)12-10-9-11-17-30(6,7)8;/h13-16,18-19H,9-12,17H2,1-8H3;1H/q+1;/p-1. The largest absolute Gasteiger partial charge is 1.00 e. The van der Waals surface area contributed by atoms with E-state index in [9.17, 15) is 0 Å². The van der Waals surface area contributed by atoms with Crippen LogP contribution in [0.3, 0.4) is 0 Å². The predicted molar refractivity (Wildman–Crippen MR) is 130 cm³/mol. The van der Waals surface area contributed by atoms with E-state index in [4.69, 9.17) is 0 Å². The van der Waals surface area contributed by atoms with Crippen molar-refractivity contribution in [3.8, 4) is 22.5 Å². The summed E-state index contributed by atoms with van der Waals surface area (Å²) < 4.78 is 5.79. The molecule has 0 aliphatic heterocycles. The highest BCUT2D eigenvalue weighted by Crippen LogP contribution is 2.35. The van der Waals surface area contributed by atoms with Crippen LogP contribution < -0.4 is 17.0 Å². The van der Waals surface area contributed by atoms with E-state index < -0.39 is 0 Å². The number of aromatic nitrogens is 2. The molecule has 0 saturated carbocycles. The van der Waals surface area contributed by atoms with Gasteiger partial charge in [-0.3, -0.25) is 0 Å². The number of quaternary nitrogens is 1. The maximum absolute atomic E-state index is 2.39. The van der Waals surface area contributed by atoms with E-state index in [0.29, 0.717) is 0 Å². The lowest BCUT2D eigenvalue weighted by molar-refractivity contribution is -0.870. The number of rotatable bonds is 8. The Bertz CT molecular complexity index is 1000. The quantitative estimate of drug-likeness (QED) is 0.342. The van der Waals surface area contributed by atoms with Gasteiger partial charge in [-0.05, 0) is 69.7 Å². The predicted octanol–water partition coefficient (Wildman–Crippen LogP) is 3.05. The second-order valence-electron chi connectivity index (χ2n) is 10.00. The Hall–Kier alpha value is -1.78. The number of aryl methyl sites for hydroxylation is 3. The zero-order valence-corrected chi connectivity index (χ0v) is 22.3. The summed E-state index contributed by atoms with van der Waals surface area (Å²) in [6, 6.07) is 13.7. The van der Waals surface area contributed by atoms with E-state index in [1.165, 1.54) is 70.8 Å². The summed E-state index contributed by atoms with van der Waals surface area (Å²) >= 11 is 0. The first-order chi connectivity index (χ1) is 14.1. The van der Waals surface area contributed by atoms with Crippen molar-refractivity contribution in [3.05, 3.63) is 58.9 Å². The Morgan fingerprint density at radius 1 is 0.806 bits per heavy atom. The second-order valence-corrected chi connectivity index (χ2v) is 10.00. The van der Waals surface area contributed by atoms with Crippen LogP contribution in [0.15, 0.2) is 36.4 Å². The molecule has 170 valence electrons. The van der Waals surface area contributed by atoms with Gasteiger partial charge < -0.3 is 30.6 Å². The van der Waals surface area contributed by atoms with Crippen LogP contribution in [0.25, 0.3) is 22.5 Å². The minimum Gasteiger partial charge on any atom is -1.00 e. The van der Waals surface area contributed by atoms with Crippen molar-refractivity contribution in [2.75, 3.05) is 27.7 Å². The molecule has 3 nitrogen and oxygen atoms in total. The number of nitrogens with zero attached hydrogens (tertiary/aromatic N) is 3. The molecule has 0 atom stereocenters. The van der Waals surface area contributed by atoms with Crippen molar-refractivity contribution in [1.29, 1.82) is 0 Å². The summed E-state index contributed by atoms with van der Waals surface area (Å²) in [6.45, 7) is 7.85. The lowest BCUT2D eigenvalue weighted by Gasteiger charge is -2.23.